The molecular weight excluding hydrogens is 258 g/mol. The molecule has 2 rings (SSSR count). The molecule has 1 aliphatic rings. The number of nitrogens with zero attached hydrogens (tertiary/aromatic N) is 2. The molecule has 0 radical (unpaired) electrons. The minimum Gasteiger partial charge on any atom is -0.388 e. The van der Waals surface area contributed by atoms with Gasteiger partial charge in [0, 0.05) is 52.3 Å². The summed E-state index contributed by atoms with van der Waals surface area (Å²) >= 11 is 0. The van der Waals surface area contributed by atoms with Gasteiger partial charge in [-0.2, -0.15) is 0 Å². The molecule has 1 aromatic carbocycles. The van der Waals surface area contributed by atoms with Gasteiger partial charge in [-0.1, -0.05) is 18.2 Å². The monoisotopic (exact) mass is 283 g/mol. The summed E-state index contributed by atoms with van der Waals surface area (Å²) in [5, 5.41) is 3.29. The maximum Gasteiger partial charge on any atom is 0.0432 e. The Bertz CT molecular complexity index is 592. The van der Waals surface area contributed by atoms with Crippen LogP contribution in [0.25, 0.3) is 6.08 Å². The fourth-order valence-electron chi connectivity index (χ4n) is 2.35. The third-order valence-electron chi connectivity index (χ3n) is 3.69. The van der Waals surface area contributed by atoms with Gasteiger partial charge >= 0.3 is 0 Å². The SMILES string of the molecule is CNc1cc(N(C)C)ccc1/C=C1/C=CC(N(C)C)=CC1. The molecule has 3 heteroatoms. The van der Waals surface area contributed by atoms with E-state index in [4.69, 9.17) is 0 Å². The van der Waals surface area contributed by atoms with Gasteiger partial charge in [0.05, 0.1) is 0 Å². The zero-order valence-electron chi connectivity index (χ0n) is 13.6. The van der Waals surface area contributed by atoms with Crippen LogP contribution < -0.4 is 10.2 Å². The molecule has 1 N–H and O–H groups in total. The standard InChI is InChI=1S/C18H25N3/c1-19-18-13-17(21(4)5)11-8-15(18)12-14-6-9-16(10-7-14)20(2)3/h6,8-13,19H,7H2,1-5H3/b14-12-. The van der Waals surface area contributed by atoms with E-state index < -0.39 is 0 Å². The fraction of sp³-hybridized carbons (Fsp3) is 0.333. The Kier molecular flexibility index (Phi) is 4.73. The summed E-state index contributed by atoms with van der Waals surface area (Å²) in [7, 11) is 10.2. The van der Waals surface area contributed by atoms with Crippen LogP contribution in [0.5, 0.6) is 0 Å². The summed E-state index contributed by atoms with van der Waals surface area (Å²) in [5.41, 5.74) is 6.18. The molecule has 0 fully saturated rings. The molecule has 0 unspecified atom stereocenters. The first-order chi connectivity index (χ1) is 10.0. The summed E-state index contributed by atoms with van der Waals surface area (Å²) in [6.07, 6.45) is 9.86. The minimum absolute atomic E-state index is 0.975. The summed E-state index contributed by atoms with van der Waals surface area (Å²) in [5.74, 6) is 0. The van der Waals surface area contributed by atoms with Gasteiger partial charge in [-0.3, -0.25) is 0 Å². The van der Waals surface area contributed by atoms with Crippen molar-refractivity contribution in [3.8, 4) is 0 Å². The molecule has 0 amide bonds. The van der Waals surface area contributed by atoms with Crippen molar-refractivity contribution in [1.82, 2.24) is 4.90 Å². The summed E-state index contributed by atoms with van der Waals surface area (Å²) in [6, 6.07) is 6.51. The van der Waals surface area contributed by atoms with Crippen LogP contribution in [-0.4, -0.2) is 40.1 Å². The highest BCUT2D eigenvalue weighted by Gasteiger charge is 2.06. The van der Waals surface area contributed by atoms with Crippen LogP contribution in [0.2, 0.25) is 0 Å². The van der Waals surface area contributed by atoms with Crippen LogP contribution in [0.15, 0.2) is 47.7 Å². The van der Waals surface area contributed by atoms with Crippen LogP contribution in [0, 0.1) is 0 Å². The maximum absolute atomic E-state index is 3.29. The molecule has 0 heterocycles. The molecule has 0 spiro atoms. The van der Waals surface area contributed by atoms with E-state index >= 15 is 0 Å². The number of anilines is 2. The Labute approximate surface area is 128 Å². The van der Waals surface area contributed by atoms with Crippen molar-refractivity contribution in [2.24, 2.45) is 0 Å². The Morgan fingerprint density at radius 1 is 1.05 bits per heavy atom. The largest absolute Gasteiger partial charge is 0.388 e. The Hall–Kier alpha value is -2.16. The van der Waals surface area contributed by atoms with E-state index in [2.05, 4.69) is 85.8 Å². The molecule has 0 bridgehead atoms. The Morgan fingerprint density at radius 3 is 2.33 bits per heavy atom. The summed E-state index contributed by atoms with van der Waals surface area (Å²) in [6.45, 7) is 0. The molecule has 112 valence electrons. The normalized spacial score (nSPS) is 15.9. The third-order valence-corrected chi connectivity index (χ3v) is 3.69. The summed E-state index contributed by atoms with van der Waals surface area (Å²) < 4.78 is 0. The zero-order chi connectivity index (χ0) is 15.4. The van der Waals surface area contributed by atoms with Crippen LogP contribution in [0.3, 0.4) is 0 Å². The second-order valence-corrected chi connectivity index (χ2v) is 5.70. The van der Waals surface area contributed by atoms with E-state index in [1.165, 1.54) is 22.5 Å². The molecule has 1 aromatic rings. The van der Waals surface area contributed by atoms with Gasteiger partial charge in [0.25, 0.3) is 0 Å². The number of hydrogen-bond acceptors (Lipinski definition) is 3. The smallest absolute Gasteiger partial charge is 0.0432 e. The van der Waals surface area contributed by atoms with Gasteiger partial charge in [0.1, 0.15) is 0 Å². The molecular formula is C18H25N3. The van der Waals surface area contributed by atoms with E-state index in [1.807, 2.05) is 7.05 Å². The summed E-state index contributed by atoms with van der Waals surface area (Å²) in [4.78, 5) is 4.25. The van der Waals surface area contributed by atoms with Gasteiger partial charge in [-0.15, -0.1) is 0 Å². The highest BCUT2D eigenvalue weighted by Crippen LogP contribution is 2.26. The molecule has 0 atom stereocenters. The first-order valence-electron chi connectivity index (χ1n) is 7.26. The van der Waals surface area contributed by atoms with E-state index in [-0.39, 0.29) is 0 Å². The van der Waals surface area contributed by atoms with E-state index in [9.17, 15) is 0 Å². The molecule has 3 nitrogen and oxygen atoms in total. The quantitative estimate of drug-likeness (QED) is 0.911. The fourth-order valence-corrected chi connectivity index (χ4v) is 2.35. The lowest BCUT2D eigenvalue weighted by molar-refractivity contribution is 0.526. The van der Waals surface area contributed by atoms with Crippen LogP contribution in [0.4, 0.5) is 11.4 Å². The predicted octanol–water partition coefficient (Wildman–Crippen LogP) is 3.58. The first-order valence-corrected chi connectivity index (χ1v) is 7.26. The van der Waals surface area contributed by atoms with E-state index in [0.29, 0.717) is 0 Å². The maximum atomic E-state index is 3.29. The van der Waals surface area contributed by atoms with Gasteiger partial charge in [0.15, 0.2) is 0 Å². The second kappa shape index (κ2) is 6.53. The van der Waals surface area contributed by atoms with Gasteiger partial charge in [-0.25, -0.2) is 0 Å². The zero-order valence-corrected chi connectivity index (χ0v) is 13.6. The molecule has 0 aromatic heterocycles. The Morgan fingerprint density at radius 2 is 1.81 bits per heavy atom. The number of rotatable bonds is 4. The number of allylic oxidation sites excluding steroid dienone is 4. The average molecular weight is 283 g/mol. The van der Waals surface area contributed by atoms with Gasteiger partial charge in [-0.05, 0) is 41.8 Å². The van der Waals surface area contributed by atoms with Crippen LogP contribution in [-0.2, 0) is 0 Å². The van der Waals surface area contributed by atoms with Crippen LogP contribution in [0.1, 0.15) is 12.0 Å². The molecule has 1 aliphatic carbocycles. The molecule has 0 aliphatic heterocycles. The minimum atomic E-state index is 0.975. The van der Waals surface area contributed by atoms with Crippen molar-refractivity contribution in [1.29, 1.82) is 0 Å². The lowest BCUT2D eigenvalue weighted by Crippen LogP contribution is -2.10. The second-order valence-electron chi connectivity index (χ2n) is 5.70. The van der Waals surface area contributed by atoms with E-state index in [0.717, 1.165) is 12.1 Å². The van der Waals surface area contributed by atoms with E-state index in [1.54, 1.807) is 0 Å². The van der Waals surface area contributed by atoms with Crippen LogP contribution >= 0.6 is 0 Å². The first kappa shape index (κ1) is 15.2. The lowest BCUT2D eigenvalue weighted by Gasteiger charge is -2.18. The third kappa shape index (κ3) is 3.69. The van der Waals surface area contributed by atoms with Crippen molar-refractivity contribution < 1.29 is 0 Å². The molecule has 0 saturated heterocycles. The highest BCUT2D eigenvalue weighted by atomic mass is 15.1. The molecule has 0 saturated carbocycles. The predicted molar refractivity (Wildman–Crippen MR) is 93.8 cm³/mol. The van der Waals surface area contributed by atoms with Crippen molar-refractivity contribution in [2.75, 3.05) is 45.5 Å². The lowest BCUT2D eigenvalue weighted by atomic mass is 10.0. The number of nitrogens with one attached hydrogen (secondary N) is 1. The number of likely N-dealkylation sites (N-methyl/N-ethyl adjacent to an activating group) is 1. The average Bonchev–Trinajstić information content (AvgIpc) is 2.48. The van der Waals surface area contributed by atoms with Gasteiger partial charge in [0.2, 0.25) is 0 Å². The van der Waals surface area contributed by atoms with Gasteiger partial charge < -0.3 is 15.1 Å². The van der Waals surface area contributed by atoms with Crippen molar-refractivity contribution in [2.45, 2.75) is 6.42 Å². The van der Waals surface area contributed by atoms with Crippen molar-refractivity contribution in [3.63, 3.8) is 0 Å². The number of hydrogen-bond donors (Lipinski definition) is 1. The Balaban J connectivity index is 2.24. The molecule has 21 heavy (non-hydrogen) atoms. The topological polar surface area (TPSA) is 18.5 Å². The van der Waals surface area contributed by atoms with Crippen molar-refractivity contribution >= 4 is 17.5 Å². The number of benzene rings is 1. The highest BCUT2D eigenvalue weighted by molar-refractivity contribution is 5.73. The van der Waals surface area contributed by atoms with Crippen molar-refractivity contribution in [3.05, 3.63) is 53.3 Å².